The fraction of sp³-hybridized carbons (Fsp3) is 0.750. The molecule has 1 atom stereocenters. The molecule has 0 heterocycles. The van der Waals surface area contributed by atoms with E-state index in [0.717, 1.165) is 0 Å². The highest BCUT2D eigenvalue weighted by atomic mass is 16.5. The number of Topliss-reactive ketones (excluding diaryl/α,β-unsaturated/α-hetero) is 1. The molecule has 1 N–H and O–H groups in total. The zero-order valence-electron chi connectivity index (χ0n) is 7.72. The Bertz CT molecular complexity index is 168. The molecule has 4 nitrogen and oxygen atoms in total. The summed E-state index contributed by atoms with van der Waals surface area (Å²) >= 11 is 0. The van der Waals surface area contributed by atoms with Crippen LogP contribution in [0.5, 0.6) is 0 Å². The zero-order valence-corrected chi connectivity index (χ0v) is 7.72. The van der Waals surface area contributed by atoms with Gasteiger partial charge in [0.25, 0.3) is 0 Å². The predicted octanol–water partition coefficient (Wildman–Crippen LogP) is 0.117. The van der Waals surface area contributed by atoms with Crippen molar-refractivity contribution in [2.75, 3.05) is 14.2 Å². The number of carbonyl (C=O) groups is 2. The van der Waals surface area contributed by atoms with Gasteiger partial charge in [-0.1, -0.05) is 0 Å². The Hall–Kier alpha value is -0.900. The number of rotatable bonds is 5. The molecule has 70 valence electrons. The van der Waals surface area contributed by atoms with Crippen molar-refractivity contribution in [3.63, 3.8) is 0 Å². The number of ketones is 1. The highest BCUT2D eigenvalue weighted by Gasteiger charge is 2.13. The lowest BCUT2D eigenvalue weighted by Gasteiger charge is -2.10. The zero-order chi connectivity index (χ0) is 9.56. The Morgan fingerprint density at radius 3 is 2.42 bits per heavy atom. The normalized spacial score (nSPS) is 12.2. The maximum atomic E-state index is 10.9. The van der Waals surface area contributed by atoms with Crippen LogP contribution in [0.25, 0.3) is 0 Å². The number of hydrogen-bond acceptors (Lipinski definition) is 4. The Balaban J connectivity index is 3.73. The summed E-state index contributed by atoms with van der Waals surface area (Å²) in [6.45, 7) is 1.50. The van der Waals surface area contributed by atoms with Crippen molar-refractivity contribution in [2.45, 2.75) is 25.8 Å². The minimum atomic E-state index is -0.281. The smallest absolute Gasteiger partial charge is 0.305 e. The van der Waals surface area contributed by atoms with Crippen LogP contribution in [0.3, 0.4) is 0 Å². The fourth-order valence-corrected chi connectivity index (χ4v) is 0.915. The number of hydrogen-bond donors (Lipinski definition) is 1. The molecule has 0 saturated heterocycles. The molecule has 0 aliphatic heterocycles. The molecule has 0 aromatic carbocycles. The Labute approximate surface area is 72.3 Å². The van der Waals surface area contributed by atoms with Gasteiger partial charge in [0.2, 0.25) is 0 Å². The van der Waals surface area contributed by atoms with Crippen molar-refractivity contribution < 1.29 is 14.3 Å². The third kappa shape index (κ3) is 4.08. The first-order chi connectivity index (χ1) is 5.61. The van der Waals surface area contributed by atoms with E-state index in [9.17, 15) is 9.59 Å². The van der Waals surface area contributed by atoms with Crippen LogP contribution in [-0.2, 0) is 14.3 Å². The first-order valence-corrected chi connectivity index (χ1v) is 3.86. The molecule has 12 heavy (non-hydrogen) atoms. The Kier molecular flexibility index (Phi) is 5.28. The van der Waals surface area contributed by atoms with Gasteiger partial charge in [0.1, 0.15) is 5.78 Å². The molecule has 0 bridgehead atoms. The molecule has 0 saturated carbocycles. The average Bonchev–Trinajstić information content (AvgIpc) is 2.04. The van der Waals surface area contributed by atoms with Gasteiger partial charge >= 0.3 is 5.97 Å². The Morgan fingerprint density at radius 2 is 2.08 bits per heavy atom. The lowest BCUT2D eigenvalue weighted by Crippen LogP contribution is -2.32. The highest BCUT2D eigenvalue weighted by Crippen LogP contribution is 1.99. The van der Waals surface area contributed by atoms with Gasteiger partial charge in [0.15, 0.2) is 0 Å². The second kappa shape index (κ2) is 5.71. The number of esters is 1. The number of ether oxygens (including phenoxy) is 1. The number of methoxy groups -OCH3 is 1. The second-order valence-corrected chi connectivity index (χ2v) is 2.57. The molecule has 0 aromatic rings. The monoisotopic (exact) mass is 173 g/mol. The SMILES string of the molecule is CN[C@H](CCC(=O)OC)C(C)=O. The van der Waals surface area contributed by atoms with Gasteiger partial charge in [-0.05, 0) is 20.4 Å². The van der Waals surface area contributed by atoms with Gasteiger partial charge < -0.3 is 10.1 Å². The fourth-order valence-electron chi connectivity index (χ4n) is 0.915. The molecular weight excluding hydrogens is 158 g/mol. The van der Waals surface area contributed by atoms with Crippen molar-refractivity contribution in [2.24, 2.45) is 0 Å². The number of likely N-dealkylation sites (N-methyl/N-ethyl adjacent to an activating group) is 1. The van der Waals surface area contributed by atoms with Gasteiger partial charge in [-0.15, -0.1) is 0 Å². The largest absolute Gasteiger partial charge is 0.469 e. The maximum Gasteiger partial charge on any atom is 0.305 e. The number of nitrogens with one attached hydrogen (secondary N) is 1. The molecule has 0 amide bonds. The van der Waals surface area contributed by atoms with Crippen molar-refractivity contribution in [1.82, 2.24) is 5.32 Å². The summed E-state index contributed by atoms with van der Waals surface area (Å²) in [5.41, 5.74) is 0. The van der Waals surface area contributed by atoms with Gasteiger partial charge in [-0.25, -0.2) is 0 Å². The molecule has 0 radical (unpaired) electrons. The molecule has 0 spiro atoms. The third-order valence-corrected chi connectivity index (χ3v) is 1.70. The summed E-state index contributed by atoms with van der Waals surface area (Å²) in [7, 11) is 3.04. The lowest BCUT2D eigenvalue weighted by atomic mass is 10.1. The van der Waals surface area contributed by atoms with Crippen molar-refractivity contribution in [3.05, 3.63) is 0 Å². The van der Waals surface area contributed by atoms with E-state index in [1.807, 2.05) is 0 Å². The molecule has 4 heteroatoms. The van der Waals surface area contributed by atoms with Crippen molar-refractivity contribution in [3.8, 4) is 0 Å². The third-order valence-electron chi connectivity index (χ3n) is 1.70. The molecule has 0 rings (SSSR count). The predicted molar refractivity (Wildman–Crippen MR) is 44.8 cm³/mol. The second-order valence-electron chi connectivity index (χ2n) is 2.57. The molecule has 0 aliphatic carbocycles. The van der Waals surface area contributed by atoms with E-state index in [1.165, 1.54) is 14.0 Å². The molecular formula is C8H15NO3. The van der Waals surface area contributed by atoms with Crippen molar-refractivity contribution >= 4 is 11.8 Å². The van der Waals surface area contributed by atoms with Crippen LogP contribution in [0, 0.1) is 0 Å². The van der Waals surface area contributed by atoms with Crippen LogP contribution in [0.1, 0.15) is 19.8 Å². The molecule has 0 fully saturated rings. The van der Waals surface area contributed by atoms with Crippen LogP contribution in [0.15, 0.2) is 0 Å². The van der Waals surface area contributed by atoms with Crippen LogP contribution in [0.4, 0.5) is 0 Å². The molecule has 0 aromatic heterocycles. The summed E-state index contributed by atoms with van der Waals surface area (Å²) in [4.78, 5) is 21.6. The van der Waals surface area contributed by atoms with E-state index in [4.69, 9.17) is 0 Å². The minimum absolute atomic E-state index is 0.0430. The highest BCUT2D eigenvalue weighted by molar-refractivity contribution is 5.82. The number of carbonyl (C=O) groups excluding carboxylic acids is 2. The topological polar surface area (TPSA) is 55.4 Å². The van der Waals surface area contributed by atoms with Crippen LogP contribution < -0.4 is 5.32 Å². The summed E-state index contributed by atoms with van der Waals surface area (Å²) in [5.74, 6) is -0.238. The van der Waals surface area contributed by atoms with Crippen LogP contribution in [0.2, 0.25) is 0 Å². The maximum absolute atomic E-state index is 10.9. The van der Waals surface area contributed by atoms with Crippen molar-refractivity contribution in [1.29, 1.82) is 0 Å². The minimum Gasteiger partial charge on any atom is -0.469 e. The standard InChI is InChI=1S/C8H15NO3/c1-6(10)7(9-2)4-5-8(11)12-3/h7,9H,4-5H2,1-3H3/t7-/m1/s1. The summed E-state index contributed by atoms with van der Waals surface area (Å²) in [5, 5.41) is 2.82. The van der Waals surface area contributed by atoms with E-state index >= 15 is 0 Å². The first kappa shape index (κ1) is 11.1. The van der Waals surface area contributed by atoms with E-state index in [2.05, 4.69) is 10.1 Å². The molecule has 0 aliphatic rings. The van der Waals surface area contributed by atoms with E-state index in [0.29, 0.717) is 6.42 Å². The Morgan fingerprint density at radius 1 is 1.50 bits per heavy atom. The molecule has 0 unspecified atom stereocenters. The van der Waals surface area contributed by atoms with Gasteiger partial charge in [-0.2, -0.15) is 0 Å². The van der Waals surface area contributed by atoms with Crippen LogP contribution in [-0.4, -0.2) is 32.0 Å². The average molecular weight is 173 g/mol. The first-order valence-electron chi connectivity index (χ1n) is 3.86. The summed E-state index contributed by atoms with van der Waals surface area (Å²) in [6.07, 6.45) is 0.778. The van der Waals surface area contributed by atoms with Crippen LogP contribution >= 0.6 is 0 Å². The van der Waals surface area contributed by atoms with Gasteiger partial charge in [0, 0.05) is 6.42 Å². The van der Waals surface area contributed by atoms with Gasteiger partial charge in [0.05, 0.1) is 13.2 Å². The van der Waals surface area contributed by atoms with Gasteiger partial charge in [-0.3, -0.25) is 9.59 Å². The summed E-state index contributed by atoms with van der Waals surface area (Å²) < 4.78 is 4.45. The van der Waals surface area contributed by atoms with E-state index in [-0.39, 0.29) is 24.2 Å². The van der Waals surface area contributed by atoms with E-state index in [1.54, 1.807) is 7.05 Å². The lowest BCUT2D eigenvalue weighted by molar-refractivity contribution is -0.140. The summed E-state index contributed by atoms with van der Waals surface area (Å²) in [6, 6.07) is -0.232. The van der Waals surface area contributed by atoms with E-state index < -0.39 is 0 Å². The quantitative estimate of drug-likeness (QED) is 0.600.